The maximum absolute atomic E-state index is 6.28. The number of aromatic nitrogens is 2. The molecule has 3 rings (SSSR count). The number of hydrogen-bond acceptors (Lipinski definition) is 4. The molecule has 0 aromatic carbocycles. The van der Waals surface area contributed by atoms with E-state index in [1.165, 1.54) is 43.4 Å². The van der Waals surface area contributed by atoms with E-state index in [1.807, 2.05) is 18.8 Å². The number of nitrogens with one attached hydrogen (secondary N) is 1. The number of nitrogens with zero attached hydrogens (tertiary/aromatic N) is 3. The maximum Gasteiger partial charge on any atom is 0.0700 e. The summed E-state index contributed by atoms with van der Waals surface area (Å²) in [6.07, 6.45) is 8.22. The van der Waals surface area contributed by atoms with Gasteiger partial charge in [0.05, 0.1) is 17.9 Å². The minimum absolute atomic E-state index is 0. The van der Waals surface area contributed by atoms with Gasteiger partial charge in [0, 0.05) is 44.4 Å². The molecule has 2 fully saturated rings. The highest BCUT2D eigenvalue weighted by Crippen LogP contribution is 2.49. The van der Waals surface area contributed by atoms with E-state index in [9.17, 15) is 0 Å². The summed E-state index contributed by atoms with van der Waals surface area (Å²) in [6.45, 7) is 8.66. The highest BCUT2D eigenvalue weighted by molar-refractivity contribution is 5.85. The second kappa shape index (κ2) is 8.59. The number of likely N-dealkylation sites (N-methyl/N-ethyl adjacent to an activating group) is 2. The molecule has 6 heteroatoms. The first-order valence-corrected chi connectivity index (χ1v) is 9.82. The fraction of sp³-hybridized carbons (Fsp3) is 0.850. The zero-order valence-corrected chi connectivity index (χ0v) is 18.0. The van der Waals surface area contributed by atoms with Gasteiger partial charge in [-0.15, -0.1) is 12.4 Å². The van der Waals surface area contributed by atoms with Crippen LogP contribution >= 0.6 is 12.4 Å². The molecule has 1 spiro atoms. The predicted molar refractivity (Wildman–Crippen MR) is 109 cm³/mol. The van der Waals surface area contributed by atoms with Crippen molar-refractivity contribution < 1.29 is 4.74 Å². The molecule has 0 atom stereocenters. The Balaban J connectivity index is 0.00000243. The summed E-state index contributed by atoms with van der Waals surface area (Å²) in [7, 11) is 6.25. The predicted octanol–water partition coefficient (Wildman–Crippen LogP) is 3.34. The van der Waals surface area contributed by atoms with Gasteiger partial charge >= 0.3 is 0 Å². The van der Waals surface area contributed by atoms with Crippen molar-refractivity contribution >= 4 is 12.4 Å². The summed E-state index contributed by atoms with van der Waals surface area (Å²) in [4.78, 5) is 2.38. The molecule has 1 N–H and O–H groups in total. The number of rotatable bonds is 6. The Morgan fingerprint density at radius 3 is 2.62 bits per heavy atom. The van der Waals surface area contributed by atoms with Crippen molar-refractivity contribution in [1.29, 1.82) is 0 Å². The van der Waals surface area contributed by atoms with Crippen molar-refractivity contribution in [2.24, 2.45) is 12.5 Å². The van der Waals surface area contributed by atoms with Gasteiger partial charge in [0.1, 0.15) is 0 Å². The normalized spacial score (nSPS) is 27.8. The van der Waals surface area contributed by atoms with Gasteiger partial charge in [-0.1, -0.05) is 13.8 Å². The molecule has 1 aromatic heterocycles. The zero-order valence-electron chi connectivity index (χ0n) is 17.2. The molecule has 2 heterocycles. The first kappa shape index (κ1) is 21.7. The van der Waals surface area contributed by atoms with Crippen LogP contribution in [0, 0.1) is 5.41 Å². The monoisotopic (exact) mass is 384 g/mol. The summed E-state index contributed by atoms with van der Waals surface area (Å²) >= 11 is 0. The Morgan fingerprint density at radius 2 is 2.04 bits per heavy atom. The van der Waals surface area contributed by atoms with Gasteiger partial charge in [-0.05, 0) is 51.6 Å². The second-order valence-electron chi connectivity index (χ2n) is 9.14. The van der Waals surface area contributed by atoms with E-state index in [4.69, 9.17) is 9.84 Å². The van der Waals surface area contributed by atoms with Gasteiger partial charge in [0.2, 0.25) is 0 Å². The largest absolute Gasteiger partial charge is 0.374 e. The Kier molecular flexibility index (Phi) is 7.16. The molecule has 1 saturated heterocycles. The molecule has 0 bridgehead atoms. The Labute approximate surface area is 165 Å². The Morgan fingerprint density at radius 1 is 1.35 bits per heavy atom. The molecule has 1 aliphatic carbocycles. The highest BCUT2D eigenvalue weighted by atomic mass is 35.5. The summed E-state index contributed by atoms with van der Waals surface area (Å²) in [5.41, 5.74) is 3.22. The standard InChI is InChI=1S/C20H36N4O.ClH/c1-19(2)14-20(25-15-19)8-6-16(7-9-20)18-17(13-24(5)22-18)12-23(4)11-10-21-3;/h13,16,21H,6-12,14-15H2,1-5H3;1H. The van der Waals surface area contributed by atoms with Crippen molar-refractivity contribution in [2.45, 2.75) is 64.0 Å². The number of ether oxygens (including phenoxy) is 1. The van der Waals surface area contributed by atoms with Gasteiger partial charge < -0.3 is 15.0 Å². The van der Waals surface area contributed by atoms with Crippen molar-refractivity contribution in [3.05, 3.63) is 17.5 Å². The lowest BCUT2D eigenvalue weighted by molar-refractivity contribution is -0.0296. The summed E-state index contributed by atoms with van der Waals surface area (Å²) in [6, 6.07) is 0. The minimum atomic E-state index is 0. The molecule has 0 radical (unpaired) electrons. The van der Waals surface area contributed by atoms with Crippen LogP contribution in [0.25, 0.3) is 0 Å². The van der Waals surface area contributed by atoms with Crippen molar-refractivity contribution in [2.75, 3.05) is 33.8 Å². The first-order chi connectivity index (χ1) is 11.8. The van der Waals surface area contributed by atoms with Crippen molar-refractivity contribution in [3.63, 3.8) is 0 Å². The van der Waals surface area contributed by atoms with E-state index < -0.39 is 0 Å². The van der Waals surface area contributed by atoms with Crippen LogP contribution in [-0.2, 0) is 18.3 Å². The van der Waals surface area contributed by atoms with E-state index >= 15 is 0 Å². The molecule has 26 heavy (non-hydrogen) atoms. The third-order valence-electron chi connectivity index (χ3n) is 5.97. The molecular formula is C20H37ClN4O. The quantitative estimate of drug-likeness (QED) is 0.816. The molecule has 1 saturated carbocycles. The first-order valence-electron chi connectivity index (χ1n) is 9.82. The molecule has 2 aliphatic rings. The van der Waals surface area contributed by atoms with Crippen molar-refractivity contribution in [1.82, 2.24) is 20.0 Å². The van der Waals surface area contributed by atoms with Gasteiger partial charge in [-0.2, -0.15) is 5.10 Å². The van der Waals surface area contributed by atoms with E-state index in [-0.39, 0.29) is 18.0 Å². The van der Waals surface area contributed by atoms with Crippen molar-refractivity contribution in [3.8, 4) is 0 Å². The lowest BCUT2D eigenvalue weighted by Crippen LogP contribution is -2.34. The van der Waals surface area contributed by atoms with Gasteiger partial charge in [-0.25, -0.2) is 0 Å². The number of hydrogen-bond donors (Lipinski definition) is 1. The van der Waals surface area contributed by atoms with Gasteiger partial charge in [0.25, 0.3) is 0 Å². The topological polar surface area (TPSA) is 42.3 Å². The van der Waals surface area contributed by atoms with Gasteiger partial charge in [0.15, 0.2) is 0 Å². The second-order valence-corrected chi connectivity index (χ2v) is 9.14. The minimum Gasteiger partial charge on any atom is -0.374 e. The summed E-state index contributed by atoms with van der Waals surface area (Å²) < 4.78 is 8.28. The van der Waals surface area contributed by atoms with Crippen LogP contribution < -0.4 is 5.32 Å². The fourth-order valence-corrected chi connectivity index (χ4v) is 4.75. The molecular weight excluding hydrogens is 348 g/mol. The highest BCUT2D eigenvalue weighted by Gasteiger charge is 2.46. The van der Waals surface area contributed by atoms with Crippen LogP contribution in [0.5, 0.6) is 0 Å². The summed E-state index contributed by atoms with van der Waals surface area (Å²) in [5, 5.41) is 8.07. The zero-order chi connectivity index (χ0) is 18.1. The van der Waals surface area contributed by atoms with Crippen LogP contribution in [0.4, 0.5) is 0 Å². The van der Waals surface area contributed by atoms with Crippen LogP contribution in [-0.4, -0.2) is 54.1 Å². The van der Waals surface area contributed by atoms with Crippen LogP contribution in [0.1, 0.15) is 63.1 Å². The van der Waals surface area contributed by atoms with Crippen LogP contribution in [0.3, 0.4) is 0 Å². The van der Waals surface area contributed by atoms with Crippen LogP contribution in [0.15, 0.2) is 6.20 Å². The third-order valence-corrected chi connectivity index (χ3v) is 5.97. The van der Waals surface area contributed by atoms with E-state index in [1.54, 1.807) is 0 Å². The van der Waals surface area contributed by atoms with Crippen LogP contribution in [0.2, 0.25) is 0 Å². The molecule has 0 amide bonds. The third kappa shape index (κ3) is 5.00. The van der Waals surface area contributed by atoms with E-state index in [2.05, 4.69) is 37.3 Å². The maximum atomic E-state index is 6.28. The SMILES string of the molecule is CNCCN(C)Cc1cn(C)nc1C1CCC2(CC1)CC(C)(C)CO2.Cl. The average molecular weight is 385 g/mol. The van der Waals surface area contributed by atoms with E-state index in [0.717, 1.165) is 26.2 Å². The smallest absolute Gasteiger partial charge is 0.0700 e. The van der Waals surface area contributed by atoms with E-state index in [0.29, 0.717) is 11.3 Å². The lowest BCUT2D eigenvalue weighted by Gasteiger charge is -2.37. The lowest BCUT2D eigenvalue weighted by atomic mass is 9.72. The summed E-state index contributed by atoms with van der Waals surface area (Å²) in [5.74, 6) is 0.590. The fourth-order valence-electron chi connectivity index (χ4n) is 4.75. The number of aryl methyl sites for hydroxylation is 1. The van der Waals surface area contributed by atoms with Gasteiger partial charge in [-0.3, -0.25) is 4.68 Å². The Hall–Kier alpha value is -0.620. The molecule has 1 aromatic rings. The average Bonchev–Trinajstić information content (AvgIpc) is 3.06. The Bertz CT molecular complexity index is 578. The molecule has 0 unspecified atom stereocenters. The molecule has 150 valence electrons. The number of halogens is 1. The molecule has 1 aliphatic heterocycles. The molecule has 5 nitrogen and oxygen atoms in total.